The predicted octanol–water partition coefficient (Wildman–Crippen LogP) is 1.95. The number of aromatic amines is 2. The van der Waals surface area contributed by atoms with Gasteiger partial charge in [-0.1, -0.05) is 37.1 Å². The molecule has 0 bridgehead atoms. The van der Waals surface area contributed by atoms with Crippen LogP contribution in [0.25, 0.3) is 12.2 Å². The van der Waals surface area contributed by atoms with E-state index in [1.165, 1.54) is 6.08 Å². The van der Waals surface area contributed by atoms with Crippen molar-refractivity contribution in [3.63, 3.8) is 0 Å². The second-order valence-corrected chi connectivity index (χ2v) is 6.63. The first-order valence-corrected chi connectivity index (χ1v) is 9.33. The van der Waals surface area contributed by atoms with Gasteiger partial charge in [0.05, 0.1) is 18.5 Å². The van der Waals surface area contributed by atoms with Gasteiger partial charge in [-0.05, 0) is 48.4 Å². The second-order valence-electron chi connectivity index (χ2n) is 6.20. The van der Waals surface area contributed by atoms with Gasteiger partial charge in [-0.25, -0.2) is 0 Å². The zero-order chi connectivity index (χ0) is 19.9. The number of hydrogen-bond donors (Lipinski definition) is 2. The van der Waals surface area contributed by atoms with Crippen LogP contribution in [0, 0.1) is 0 Å². The average Bonchev–Trinajstić information content (AvgIpc) is 2.69. The van der Waals surface area contributed by atoms with Gasteiger partial charge >= 0.3 is 0 Å². The Bertz CT molecular complexity index is 1160. The molecule has 0 amide bonds. The molecule has 3 aromatic rings. The van der Waals surface area contributed by atoms with Crippen LogP contribution in [0.4, 0.5) is 0 Å². The van der Waals surface area contributed by atoms with E-state index in [0.29, 0.717) is 23.1 Å². The van der Waals surface area contributed by atoms with Crippen LogP contribution in [0.3, 0.4) is 0 Å². The fourth-order valence-electron chi connectivity index (χ4n) is 2.47. The minimum Gasteiger partial charge on any atom is -0.492 e. The summed E-state index contributed by atoms with van der Waals surface area (Å²) in [6.07, 6.45) is 6.73. The van der Waals surface area contributed by atoms with Crippen molar-refractivity contribution in [2.24, 2.45) is 0 Å². The molecule has 0 spiro atoms. The molecule has 0 saturated carbocycles. The topological polar surface area (TPSA) is 87.8 Å². The van der Waals surface area contributed by atoms with Crippen LogP contribution in [0.15, 0.2) is 52.2 Å². The summed E-state index contributed by atoms with van der Waals surface area (Å²) in [6, 6.07) is 10.4. The summed E-state index contributed by atoms with van der Waals surface area (Å²) in [5.41, 5.74) is 0.478. The summed E-state index contributed by atoms with van der Waals surface area (Å²) in [5, 5.41) is 0.890. The zero-order valence-corrected chi connectivity index (χ0v) is 16.1. The minimum absolute atomic E-state index is 0.130. The SMILES string of the molecule is CCCCOc1ccc(/C=c2/[nH]c(=O)/c(=C\c3ccc(Cl)cc3)[nH]c2=O)nc1. The van der Waals surface area contributed by atoms with E-state index in [2.05, 4.69) is 21.9 Å². The van der Waals surface area contributed by atoms with E-state index >= 15 is 0 Å². The number of H-pyrrole nitrogens is 2. The number of nitrogens with zero attached hydrogens (tertiary/aromatic N) is 1. The normalized spacial score (nSPS) is 12.4. The molecule has 0 fully saturated rings. The molecule has 2 N–H and O–H groups in total. The maximum Gasteiger partial charge on any atom is 0.272 e. The molecule has 7 heteroatoms. The Morgan fingerprint density at radius 1 is 1.00 bits per heavy atom. The van der Waals surface area contributed by atoms with Gasteiger partial charge < -0.3 is 14.7 Å². The Morgan fingerprint density at radius 2 is 1.68 bits per heavy atom. The summed E-state index contributed by atoms with van der Waals surface area (Å²) in [5.74, 6) is 0.668. The van der Waals surface area contributed by atoms with Crippen molar-refractivity contribution in [1.29, 1.82) is 0 Å². The molecule has 6 nitrogen and oxygen atoms in total. The lowest BCUT2D eigenvalue weighted by Gasteiger charge is -2.04. The van der Waals surface area contributed by atoms with E-state index in [1.54, 1.807) is 48.7 Å². The smallest absolute Gasteiger partial charge is 0.272 e. The first-order chi connectivity index (χ1) is 13.5. The van der Waals surface area contributed by atoms with Gasteiger partial charge in [-0.15, -0.1) is 0 Å². The fourth-order valence-corrected chi connectivity index (χ4v) is 2.59. The predicted molar refractivity (Wildman–Crippen MR) is 110 cm³/mol. The van der Waals surface area contributed by atoms with Crippen LogP contribution in [0.2, 0.25) is 5.02 Å². The largest absolute Gasteiger partial charge is 0.492 e. The molecule has 0 saturated heterocycles. The van der Waals surface area contributed by atoms with Crippen LogP contribution >= 0.6 is 11.6 Å². The van der Waals surface area contributed by atoms with Gasteiger partial charge in [-0.2, -0.15) is 0 Å². The first-order valence-electron chi connectivity index (χ1n) is 8.95. The molecule has 2 aromatic heterocycles. The highest BCUT2D eigenvalue weighted by Crippen LogP contribution is 2.10. The number of pyridine rings is 1. The van der Waals surface area contributed by atoms with Crippen LogP contribution in [-0.2, 0) is 0 Å². The molecular weight excluding hydrogens is 378 g/mol. The third-order valence-electron chi connectivity index (χ3n) is 3.98. The van der Waals surface area contributed by atoms with Gasteiger partial charge in [0.25, 0.3) is 11.1 Å². The molecule has 3 rings (SSSR count). The number of halogens is 1. The number of ether oxygens (including phenoxy) is 1. The quantitative estimate of drug-likeness (QED) is 0.622. The highest BCUT2D eigenvalue weighted by molar-refractivity contribution is 6.30. The molecular formula is C21H20ClN3O3. The second kappa shape index (κ2) is 9.19. The van der Waals surface area contributed by atoms with Crippen molar-refractivity contribution in [1.82, 2.24) is 15.0 Å². The monoisotopic (exact) mass is 397 g/mol. The fraction of sp³-hybridized carbons (Fsp3) is 0.190. The lowest BCUT2D eigenvalue weighted by molar-refractivity contribution is 0.308. The maximum atomic E-state index is 12.3. The molecule has 2 heterocycles. The highest BCUT2D eigenvalue weighted by Gasteiger charge is 1.99. The third kappa shape index (κ3) is 5.20. The lowest BCUT2D eigenvalue weighted by atomic mass is 10.2. The van der Waals surface area contributed by atoms with Crippen molar-refractivity contribution in [3.05, 3.63) is 90.3 Å². The minimum atomic E-state index is -0.412. The van der Waals surface area contributed by atoms with Crippen LogP contribution < -0.4 is 26.6 Å². The molecule has 0 aliphatic carbocycles. The van der Waals surface area contributed by atoms with Gasteiger partial charge in [0.15, 0.2) is 0 Å². The zero-order valence-electron chi connectivity index (χ0n) is 15.4. The number of unbranched alkanes of at least 4 members (excludes halogenated alkanes) is 1. The van der Waals surface area contributed by atoms with E-state index in [9.17, 15) is 9.59 Å². The molecule has 0 aliphatic heterocycles. The Hall–Kier alpha value is -3.12. The van der Waals surface area contributed by atoms with E-state index in [1.807, 2.05) is 0 Å². The standard InChI is InChI=1S/C21H20ClN3O3/c1-2-3-10-28-17-9-8-16(23-13-17)12-19-21(27)24-18(20(26)25-19)11-14-4-6-15(22)7-5-14/h4-9,11-13H,2-3,10H2,1H3,(H,24,27)(H,25,26)/b18-11+,19-12+. The van der Waals surface area contributed by atoms with E-state index < -0.39 is 11.1 Å². The van der Waals surface area contributed by atoms with E-state index in [0.717, 1.165) is 18.4 Å². The Labute approximate surface area is 166 Å². The molecule has 144 valence electrons. The van der Waals surface area contributed by atoms with Crippen molar-refractivity contribution in [2.45, 2.75) is 19.8 Å². The summed E-state index contributed by atoms with van der Waals surface area (Å²) in [6.45, 7) is 2.73. The lowest BCUT2D eigenvalue weighted by Crippen LogP contribution is -2.46. The summed E-state index contributed by atoms with van der Waals surface area (Å²) < 4.78 is 5.56. The number of rotatable bonds is 6. The number of aromatic nitrogens is 3. The van der Waals surface area contributed by atoms with Gasteiger partial charge in [0.2, 0.25) is 0 Å². The molecule has 0 radical (unpaired) electrons. The number of nitrogens with one attached hydrogen (secondary N) is 2. The van der Waals surface area contributed by atoms with Crippen molar-refractivity contribution >= 4 is 23.8 Å². The number of hydrogen-bond acceptors (Lipinski definition) is 4. The number of benzene rings is 1. The first kappa shape index (κ1) is 19.6. The average molecular weight is 398 g/mol. The third-order valence-corrected chi connectivity index (χ3v) is 4.24. The molecule has 28 heavy (non-hydrogen) atoms. The molecule has 0 aliphatic rings. The van der Waals surface area contributed by atoms with Crippen molar-refractivity contribution < 1.29 is 4.74 Å². The Morgan fingerprint density at radius 3 is 2.29 bits per heavy atom. The van der Waals surface area contributed by atoms with Crippen molar-refractivity contribution in [3.8, 4) is 5.75 Å². The molecule has 0 unspecified atom stereocenters. The molecule has 0 atom stereocenters. The summed E-state index contributed by atoms with van der Waals surface area (Å²) >= 11 is 5.85. The van der Waals surface area contributed by atoms with Gasteiger partial charge in [0.1, 0.15) is 16.4 Å². The Kier molecular flexibility index (Phi) is 6.45. The van der Waals surface area contributed by atoms with Crippen molar-refractivity contribution in [2.75, 3.05) is 6.61 Å². The van der Waals surface area contributed by atoms with E-state index in [4.69, 9.17) is 16.3 Å². The highest BCUT2D eigenvalue weighted by atomic mass is 35.5. The van der Waals surface area contributed by atoms with Crippen LogP contribution in [0.1, 0.15) is 31.0 Å². The summed E-state index contributed by atoms with van der Waals surface area (Å²) in [4.78, 5) is 34.1. The summed E-state index contributed by atoms with van der Waals surface area (Å²) in [7, 11) is 0. The van der Waals surface area contributed by atoms with Gasteiger partial charge in [-0.3, -0.25) is 14.6 Å². The van der Waals surface area contributed by atoms with E-state index in [-0.39, 0.29) is 10.7 Å². The molecule has 1 aromatic carbocycles. The van der Waals surface area contributed by atoms with Gasteiger partial charge in [0, 0.05) is 5.02 Å². The maximum absolute atomic E-state index is 12.3. The van der Waals surface area contributed by atoms with Crippen LogP contribution in [0.5, 0.6) is 5.75 Å². The van der Waals surface area contributed by atoms with Crippen LogP contribution in [-0.4, -0.2) is 21.6 Å². The Balaban J connectivity index is 1.89.